The fourth-order valence-electron chi connectivity index (χ4n) is 1.82. The van der Waals surface area contributed by atoms with Crippen LogP contribution in [-0.2, 0) is 0 Å². The minimum atomic E-state index is -0.276. The molecule has 0 saturated heterocycles. The summed E-state index contributed by atoms with van der Waals surface area (Å²) >= 11 is 5.94. The topological polar surface area (TPSA) is 65.4 Å². The zero-order valence-electron chi connectivity index (χ0n) is 12.6. The second-order valence-corrected chi connectivity index (χ2v) is 5.23. The summed E-state index contributed by atoms with van der Waals surface area (Å²) in [4.78, 5) is 13.6. The number of carbonyl (C=O) groups excluding carboxylic acids is 1. The summed E-state index contributed by atoms with van der Waals surface area (Å²) < 4.78 is 5.55. The fourth-order valence-corrected chi connectivity index (χ4v) is 2.04. The molecule has 2 amide bonds. The Kier molecular flexibility index (Phi) is 5.84. The molecule has 118 valence electrons. The molecule has 0 atom stereocenters. The van der Waals surface area contributed by atoms with Crippen molar-refractivity contribution in [1.29, 1.82) is 5.26 Å². The quantitative estimate of drug-likeness (QED) is 0.908. The van der Waals surface area contributed by atoms with Gasteiger partial charge in [0.25, 0.3) is 0 Å². The van der Waals surface area contributed by atoms with Gasteiger partial charge < -0.3 is 15.0 Å². The number of likely N-dealkylation sites (N-methyl/N-ethyl adjacent to an activating group) is 1. The van der Waals surface area contributed by atoms with E-state index in [1.165, 1.54) is 4.90 Å². The van der Waals surface area contributed by atoms with Crippen LogP contribution < -0.4 is 10.1 Å². The molecular formula is C17H16ClN3O2. The maximum absolute atomic E-state index is 12.1. The third-order valence-electron chi connectivity index (χ3n) is 3.13. The Labute approximate surface area is 140 Å². The van der Waals surface area contributed by atoms with Gasteiger partial charge in [0, 0.05) is 12.7 Å². The molecule has 23 heavy (non-hydrogen) atoms. The van der Waals surface area contributed by atoms with Crippen LogP contribution in [0.3, 0.4) is 0 Å². The zero-order valence-corrected chi connectivity index (χ0v) is 13.4. The van der Waals surface area contributed by atoms with E-state index < -0.39 is 0 Å². The lowest BCUT2D eigenvalue weighted by Gasteiger charge is -2.18. The van der Waals surface area contributed by atoms with Crippen molar-refractivity contribution in [3.05, 3.63) is 59.1 Å². The Morgan fingerprint density at radius 2 is 2.04 bits per heavy atom. The molecule has 2 rings (SSSR count). The molecule has 0 heterocycles. The highest BCUT2D eigenvalue weighted by molar-refractivity contribution is 6.32. The molecule has 2 aromatic carbocycles. The molecule has 0 aliphatic heterocycles. The molecule has 6 heteroatoms. The smallest absolute Gasteiger partial charge is 0.321 e. The Balaban J connectivity index is 1.83. The highest BCUT2D eigenvalue weighted by atomic mass is 35.5. The van der Waals surface area contributed by atoms with Gasteiger partial charge in [-0.15, -0.1) is 0 Å². The van der Waals surface area contributed by atoms with E-state index in [9.17, 15) is 4.79 Å². The van der Waals surface area contributed by atoms with Gasteiger partial charge in [-0.1, -0.05) is 29.8 Å². The Bertz CT molecular complexity index is 714. The van der Waals surface area contributed by atoms with E-state index in [1.807, 2.05) is 36.4 Å². The first-order valence-electron chi connectivity index (χ1n) is 7.00. The summed E-state index contributed by atoms with van der Waals surface area (Å²) in [5.74, 6) is 0.764. The van der Waals surface area contributed by atoms with Gasteiger partial charge in [-0.3, -0.25) is 0 Å². The number of urea groups is 1. The lowest BCUT2D eigenvalue weighted by molar-refractivity contribution is 0.207. The second-order valence-electron chi connectivity index (χ2n) is 4.82. The third kappa shape index (κ3) is 4.90. The van der Waals surface area contributed by atoms with E-state index in [0.29, 0.717) is 29.4 Å². The summed E-state index contributed by atoms with van der Waals surface area (Å²) in [7, 11) is 1.68. The van der Waals surface area contributed by atoms with Crippen molar-refractivity contribution in [3.63, 3.8) is 0 Å². The lowest BCUT2D eigenvalue weighted by Crippen LogP contribution is -2.34. The molecule has 2 aromatic rings. The molecule has 0 unspecified atom stereocenters. The van der Waals surface area contributed by atoms with Crippen LogP contribution in [0.15, 0.2) is 48.5 Å². The van der Waals surface area contributed by atoms with Gasteiger partial charge in [-0.2, -0.15) is 5.26 Å². The first-order valence-corrected chi connectivity index (χ1v) is 7.37. The number of amides is 2. The first kappa shape index (κ1) is 16.7. The molecule has 0 aliphatic rings. The van der Waals surface area contributed by atoms with Crippen LogP contribution in [0.2, 0.25) is 5.02 Å². The van der Waals surface area contributed by atoms with Crippen molar-refractivity contribution in [2.45, 2.75) is 0 Å². The van der Waals surface area contributed by atoms with Gasteiger partial charge in [0.1, 0.15) is 18.4 Å². The van der Waals surface area contributed by atoms with E-state index in [2.05, 4.69) is 5.32 Å². The van der Waals surface area contributed by atoms with E-state index in [4.69, 9.17) is 21.6 Å². The number of benzene rings is 2. The van der Waals surface area contributed by atoms with Crippen LogP contribution >= 0.6 is 11.6 Å². The molecule has 0 radical (unpaired) electrons. The van der Waals surface area contributed by atoms with E-state index >= 15 is 0 Å². The average molecular weight is 330 g/mol. The van der Waals surface area contributed by atoms with Crippen LogP contribution in [0, 0.1) is 11.3 Å². The first-order chi connectivity index (χ1) is 11.1. The monoisotopic (exact) mass is 329 g/mol. The van der Waals surface area contributed by atoms with E-state index in [-0.39, 0.29) is 6.03 Å². The molecule has 1 N–H and O–H groups in total. The number of anilines is 1. The van der Waals surface area contributed by atoms with E-state index in [0.717, 1.165) is 5.75 Å². The van der Waals surface area contributed by atoms with Crippen molar-refractivity contribution < 1.29 is 9.53 Å². The van der Waals surface area contributed by atoms with Gasteiger partial charge in [0.15, 0.2) is 0 Å². The third-order valence-corrected chi connectivity index (χ3v) is 3.44. The molecule has 0 aliphatic carbocycles. The highest BCUT2D eigenvalue weighted by Gasteiger charge is 2.10. The van der Waals surface area contributed by atoms with Crippen LogP contribution in [0.25, 0.3) is 0 Å². The number of ether oxygens (including phenoxy) is 1. The number of para-hydroxylation sites is 1. The number of halogens is 1. The number of rotatable bonds is 5. The lowest BCUT2D eigenvalue weighted by atomic mass is 10.2. The Morgan fingerprint density at radius 3 is 2.70 bits per heavy atom. The number of hydrogen-bond acceptors (Lipinski definition) is 3. The molecule has 0 saturated carbocycles. The minimum absolute atomic E-state index is 0.276. The number of nitrogens with zero attached hydrogens (tertiary/aromatic N) is 2. The van der Waals surface area contributed by atoms with Crippen molar-refractivity contribution in [2.24, 2.45) is 0 Å². The minimum Gasteiger partial charge on any atom is -0.492 e. The van der Waals surface area contributed by atoms with Crippen molar-refractivity contribution in [3.8, 4) is 11.8 Å². The highest BCUT2D eigenvalue weighted by Crippen LogP contribution is 2.20. The summed E-state index contributed by atoms with van der Waals surface area (Å²) in [6.07, 6.45) is 0. The maximum Gasteiger partial charge on any atom is 0.321 e. The van der Waals surface area contributed by atoms with Gasteiger partial charge >= 0.3 is 6.03 Å². The average Bonchev–Trinajstić information content (AvgIpc) is 2.56. The van der Waals surface area contributed by atoms with Crippen molar-refractivity contribution in [1.82, 2.24) is 4.90 Å². The second kappa shape index (κ2) is 8.06. The SMILES string of the molecule is CN(CCOc1ccccc1)C(=O)Nc1ccc(C#N)c(Cl)c1. The zero-order chi connectivity index (χ0) is 16.7. The summed E-state index contributed by atoms with van der Waals surface area (Å²) in [6.45, 7) is 0.826. The van der Waals surface area contributed by atoms with Crippen molar-refractivity contribution >= 4 is 23.3 Å². The normalized spacial score (nSPS) is 9.78. The number of carbonyl (C=O) groups is 1. The maximum atomic E-state index is 12.1. The summed E-state index contributed by atoms with van der Waals surface area (Å²) in [5.41, 5.74) is 0.907. The largest absolute Gasteiger partial charge is 0.492 e. The van der Waals surface area contributed by atoms with Gasteiger partial charge in [0.2, 0.25) is 0 Å². The fraction of sp³-hybridized carbons (Fsp3) is 0.176. The van der Waals surface area contributed by atoms with Gasteiger partial charge in [-0.25, -0.2) is 4.79 Å². The number of hydrogen-bond donors (Lipinski definition) is 1. The summed E-state index contributed by atoms with van der Waals surface area (Å²) in [5, 5.41) is 11.9. The molecule has 0 fully saturated rings. The summed E-state index contributed by atoms with van der Waals surface area (Å²) in [6, 6.07) is 15.9. The van der Waals surface area contributed by atoms with Crippen molar-refractivity contribution in [2.75, 3.05) is 25.5 Å². The van der Waals surface area contributed by atoms with E-state index in [1.54, 1.807) is 25.2 Å². The molecule has 0 aromatic heterocycles. The standard InChI is InChI=1S/C17H16ClN3O2/c1-21(9-10-23-15-5-3-2-4-6-15)17(22)20-14-8-7-13(12-19)16(18)11-14/h2-8,11H,9-10H2,1H3,(H,20,22). The molecular weight excluding hydrogens is 314 g/mol. The van der Waals surface area contributed by atoms with Crippen LogP contribution in [0.5, 0.6) is 5.75 Å². The Hall–Kier alpha value is -2.71. The van der Waals surface area contributed by atoms with Gasteiger partial charge in [-0.05, 0) is 30.3 Å². The number of nitrogens with one attached hydrogen (secondary N) is 1. The molecule has 5 nitrogen and oxygen atoms in total. The van der Waals surface area contributed by atoms with Crippen LogP contribution in [-0.4, -0.2) is 31.1 Å². The molecule has 0 spiro atoms. The van der Waals surface area contributed by atoms with Gasteiger partial charge in [0.05, 0.1) is 17.1 Å². The molecule has 0 bridgehead atoms. The van der Waals surface area contributed by atoms with Crippen LogP contribution in [0.4, 0.5) is 10.5 Å². The number of nitriles is 1. The predicted octanol–water partition coefficient (Wildman–Crippen LogP) is 3.75. The van der Waals surface area contributed by atoms with Crippen LogP contribution in [0.1, 0.15) is 5.56 Å². The Morgan fingerprint density at radius 1 is 1.30 bits per heavy atom. The predicted molar refractivity (Wildman–Crippen MR) is 89.8 cm³/mol.